The molecule has 0 saturated carbocycles. The Labute approximate surface area is 88.7 Å². The quantitative estimate of drug-likeness (QED) is 0.780. The Bertz CT molecular complexity index is 335. The van der Waals surface area contributed by atoms with Crippen LogP contribution in [0.2, 0.25) is 0 Å². The minimum atomic E-state index is -1.43. The van der Waals surface area contributed by atoms with Gasteiger partial charge in [-0.1, -0.05) is 30.3 Å². The van der Waals surface area contributed by atoms with Gasteiger partial charge < -0.3 is 15.6 Å². The molecule has 0 aromatic heterocycles. The lowest BCUT2D eigenvalue weighted by Gasteiger charge is -2.29. The molecular formula is C11H15NO3. The molecule has 0 heterocycles. The van der Waals surface area contributed by atoms with Crippen LogP contribution in [-0.2, 0) is 9.53 Å². The van der Waals surface area contributed by atoms with Gasteiger partial charge in [-0.3, -0.25) is 4.79 Å². The number of carbonyl (C=O) groups is 1. The van der Waals surface area contributed by atoms with Crippen LogP contribution in [0.15, 0.2) is 30.3 Å². The van der Waals surface area contributed by atoms with Crippen molar-refractivity contribution in [2.75, 3.05) is 7.11 Å². The molecule has 82 valence electrons. The zero-order valence-corrected chi connectivity index (χ0v) is 8.81. The number of carboxylic acids is 1. The van der Waals surface area contributed by atoms with E-state index in [0.29, 0.717) is 0 Å². The van der Waals surface area contributed by atoms with Gasteiger partial charge in [0, 0.05) is 7.11 Å². The van der Waals surface area contributed by atoms with Crippen LogP contribution in [0.1, 0.15) is 18.6 Å². The average Bonchev–Trinajstić information content (AvgIpc) is 2.19. The Morgan fingerprint density at radius 1 is 1.47 bits per heavy atom. The fourth-order valence-electron chi connectivity index (χ4n) is 1.47. The molecular weight excluding hydrogens is 194 g/mol. The smallest absolute Gasteiger partial charge is 0.326 e. The third-order valence-electron chi connectivity index (χ3n) is 2.34. The number of hydrogen-bond acceptors (Lipinski definition) is 3. The van der Waals surface area contributed by atoms with E-state index in [9.17, 15) is 4.79 Å². The third kappa shape index (κ3) is 2.34. The van der Waals surface area contributed by atoms with Crippen molar-refractivity contribution in [3.63, 3.8) is 0 Å². The molecule has 0 radical (unpaired) electrons. The molecule has 0 aliphatic rings. The Morgan fingerprint density at radius 3 is 2.40 bits per heavy atom. The summed E-state index contributed by atoms with van der Waals surface area (Å²) in [7, 11) is 1.45. The fraction of sp³-hybridized carbons (Fsp3) is 0.364. The average molecular weight is 209 g/mol. The van der Waals surface area contributed by atoms with Crippen molar-refractivity contribution in [1.29, 1.82) is 0 Å². The van der Waals surface area contributed by atoms with Crippen molar-refractivity contribution in [3.8, 4) is 0 Å². The minimum Gasteiger partial charge on any atom is -0.480 e. The van der Waals surface area contributed by atoms with Gasteiger partial charge in [0.05, 0.1) is 0 Å². The highest BCUT2D eigenvalue weighted by Crippen LogP contribution is 2.27. The van der Waals surface area contributed by atoms with Crippen LogP contribution in [0.25, 0.3) is 0 Å². The number of carboxylic acid groups (broad SMARTS) is 1. The first-order valence-corrected chi connectivity index (χ1v) is 4.60. The van der Waals surface area contributed by atoms with Gasteiger partial charge >= 0.3 is 5.97 Å². The molecule has 0 fully saturated rings. The zero-order chi connectivity index (χ0) is 11.5. The summed E-state index contributed by atoms with van der Waals surface area (Å²) in [6, 6.07) is 9.08. The molecule has 15 heavy (non-hydrogen) atoms. The van der Waals surface area contributed by atoms with Crippen molar-refractivity contribution >= 4 is 5.97 Å². The Hall–Kier alpha value is -1.39. The lowest BCUT2D eigenvalue weighted by atomic mass is 9.90. The first-order valence-electron chi connectivity index (χ1n) is 4.60. The SMILES string of the molecule is COC(c1ccccc1)C(C)(N)C(=O)O. The number of ether oxygens (including phenoxy) is 1. The highest BCUT2D eigenvalue weighted by Gasteiger charge is 2.38. The van der Waals surface area contributed by atoms with Gasteiger partial charge in [-0.2, -0.15) is 0 Å². The molecule has 0 spiro atoms. The molecule has 3 N–H and O–H groups in total. The number of nitrogens with two attached hydrogens (primary N) is 1. The van der Waals surface area contributed by atoms with Crippen LogP contribution in [0.4, 0.5) is 0 Å². The molecule has 4 nitrogen and oxygen atoms in total. The second-order valence-electron chi connectivity index (χ2n) is 3.61. The standard InChI is InChI=1S/C11H15NO3/c1-11(12,10(13)14)9(15-2)8-6-4-3-5-7-8/h3-7,9H,12H2,1-2H3,(H,13,14). The van der Waals surface area contributed by atoms with Crippen LogP contribution in [-0.4, -0.2) is 23.7 Å². The van der Waals surface area contributed by atoms with Gasteiger partial charge in [-0.05, 0) is 12.5 Å². The summed E-state index contributed by atoms with van der Waals surface area (Å²) < 4.78 is 5.16. The molecule has 2 unspecified atom stereocenters. The number of methoxy groups -OCH3 is 1. The number of benzene rings is 1. The monoisotopic (exact) mass is 209 g/mol. The first-order chi connectivity index (χ1) is 7.00. The van der Waals surface area contributed by atoms with Crippen molar-refractivity contribution in [2.24, 2.45) is 5.73 Å². The summed E-state index contributed by atoms with van der Waals surface area (Å²) in [5.41, 5.74) is 5.04. The van der Waals surface area contributed by atoms with E-state index >= 15 is 0 Å². The minimum absolute atomic E-state index is 0.656. The van der Waals surface area contributed by atoms with Gasteiger partial charge in [-0.25, -0.2) is 0 Å². The summed E-state index contributed by atoms with van der Waals surface area (Å²) in [6.45, 7) is 1.44. The summed E-state index contributed by atoms with van der Waals surface area (Å²) in [4.78, 5) is 11.0. The van der Waals surface area contributed by atoms with E-state index in [1.54, 1.807) is 12.1 Å². The number of rotatable bonds is 4. The van der Waals surface area contributed by atoms with Crippen LogP contribution in [0, 0.1) is 0 Å². The lowest BCUT2D eigenvalue weighted by Crippen LogP contribution is -2.50. The summed E-state index contributed by atoms with van der Waals surface area (Å²) in [6.07, 6.45) is -0.656. The molecule has 0 amide bonds. The van der Waals surface area contributed by atoms with E-state index < -0.39 is 17.6 Å². The normalized spacial score (nSPS) is 16.7. The maximum absolute atomic E-state index is 11.0. The second-order valence-corrected chi connectivity index (χ2v) is 3.61. The van der Waals surface area contributed by atoms with E-state index in [2.05, 4.69) is 0 Å². The summed E-state index contributed by atoms with van der Waals surface area (Å²) >= 11 is 0. The van der Waals surface area contributed by atoms with E-state index in [4.69, 9.17) is 15.6 Å². The Morgan fingerprint density at radius 2 is 2.00 bits per heavy atom. The maximum atomic E-state index is 11.0. The predicted octanol–water partition coefficient (Wildman–Crippen LogP) is 1.18. The van der Waals surface area contributed by atoms with Crippen LogP contribution in [0.3, 0.4) is 0 Å². The van der Waals surface area contributed by atoms with Crippen molar-refractivity contribution < 1.29 is 14.6 Å². The molecule has 1 aromatic carbocycles. The second kappa shape index (κ2) is 4.42. The largest absolute Gasteiger partial charge is 0.480 e. The number of aliphatic carboxylic acids is 1. The molecule has 0 aliphatic carbocycles. The van der Waals surface area contributed by atoms with Crippen molar-refractivity contribution in [3.05, 3.63) is 35.9 Å². The van der Waals surface area contributed by atoms with Crippen LogP contribution >= 0.6 is 0 Å². The molecule has 1 rings (SSSR count). The Balaban J connectivity index is 3.05. The summed E-state index contributed by atoms with van der Waals surface area (Å²) in [5, 5.41) is 9.00. The molecule has 0 saturated heterocycles. The van der Waals surface area contributed by atoms with Crippen LogP contribution in [0.5, 0.6) is 0 Å². The van der Waals surface area contributed by atoms with Crippen LogP contribution < -0.4 is 5.73 Å². The van der Waals surface area contributed by atoms with Crippen molar-refractivity contribution in [1.82, 2.24) is 0 Å². The van der Waals surface area contributed by atoms with E-state index in [-0.39, 0.29) is 0 Å². The lowest BCUT2D eigenvalue weighted by molar-refractivity contribution is -0.148. The topological polar surface area (TPSA) is 72.5 Å². The van der Waals surface area contributed by atoms with E-state index in [1.165, 1.54) is 14.0 Å². The molecule has 1 aromatic rings. The van der Waals surface area contributed by atoms with Gasteiger partial charge in [0.25, 0.3) is 0 Å². The number of hydrogen-bond donors (Lipinski definition) is 2. The van der Waals surface area contributed by atoms with Gasteiger partial charge in [0.1, 0.15) is 11.6 Å². The first kappa shape index (κ1) is 11.7. The predicted molar refractivity (Wildman–Crippen MR) is 56.4 cm³/mol. The van der Waals surface area contributed by atoms with Gasteiger partial charge in [0.15, 0.2) is 0 Å². The van der Waals surface area contributed by atoms with E-state index in [0.717, 1.165) is 5.56 Å². The third-order valence-corrected chi connectivity index (χ3v) is 2.34. The molecule has 2 atom stereocenters. The zero-order valence-electron chi connectivity index (χ0n) is 8.81. The molecule has 4 heteroatoms. The maximum Gasteiger partial charge on any atom is 0.326 e. The highest BCUT2D eigenvalue weighted by atomic mass is 16.5. The highest BCUT2D eigenvalue weighted by molar-refractivity contribution is 5.79. The fourth-order valence-corrected chi connectivity index (χ4v) is 1.47. The summed E-state index contributed by atoms with van der Waals surface area (Å²) in [5.74, 6) is -1.08. The molecule has 0 bridgehead atoms. The van der Waals surface area contributed by atoms with E-state index in [1.807, 2.05) is 18.2 Å². The van der Waals surface area contributed by atoms with Gasteiger partial charge in [-0.15, -0.1) is 0 Å². The van der Waals surface area contributed by atoms with Gasteiger partial charge in [0.2, 0.25) is 0 Å². The Kier molecular flexibility index (Phi) is 3.44. The van der Waals surface area contributed by atoms with Crippen molar-refractivity contribution in [2.45, 2.75) is 18.6 Å². The molecule has 0 aliphatic heterocycles.